The number of anilines is 1. The molecule has 0 aliphatic heterocycles. The second-order valence-corrected chi connectivity index (χ2v) is 5.40. The van der Waals surface area contributed by atoms with Gasteiger partial charge in [0.2, 0.25) is 5.82 Å². The van der Waals surface area contributed by atoms with Gasteiger partial charge >= 0.3 is 5.69 Å². The second kappa shape index (κ2) is 5.59. The largest absolute Gasteiger partial charge is 0.362 e. The molecule has 1 saturated carbocycles. The molecule has 1 aromatic heterocycles. The minimum absolute atomic E-state index is 0.149. The first-order valence-corrected chi connectivity index (χ1v) is 7.01. The average Bonchev–Trinajstić information content (AvgIpc) is 2.53. The molecule has 0 bridgehead atoms. The molecule has 6 heteroatoms. The second-order valence-electron chi connectivity index (χ2n) is 5.40. The van der Waals surface area contributed by atoms with Gasteiger partial charge in [-0.25, -0.2) is 4.68 Å². The van der Waals surface area contributed by atoms with E-state index >= 15 is 0 Å². The Morgan fingerprint density at radius 3 is 2.74 bits per heavy atom. The lowest BCUT2D eigenvalue weighted by atomic mass is 9.80. The summed E-state index contributed by atoms with van der Waals surface area (Å²) in [4.78, 5) is 11.0. The van der Waals surface area contributed by atoms with Gasteiger partial charge in [-0.05, 0) is 32.1 Å². The van der Waals surface area contributed by atoms with Gasteiger partial charge in [-0.3, -0.25) is 10.1 Å². The molecule has 1 N–H and O–H groups in total. The predicted molar refractivity (Wildman–Crippen MR) is 74.3 cm³/mol. The molecule has 1 aromatic rings. The Hall–Kier alpha value is -1.59. The summed E-state index contributed by atoms with van der Waals surface area (Å²) in [5, 5.41) is 18.9. The van der Waals surface area contributed by atoms with Crippen LogP contribution in [0.2, 0.25) is 0 Å². The Kier molecular flexibility index (Phi) is 4.07. The number of rotatable bonds is 6. The van der Waals surface area contributed by atoms with Crippen LogP contribution in [0.15, 0.2) is 0 Å². The van der Waals surface area contributed by atoms with Crippen LogP contribution >= 0.6 is 0 Å². The van der Waals surface area contributed by atoms with Crippen molar-refractivity contribution in [2.24, 2.45) is 13.0 Å². The van der Waals surface area contributed by atoms with E-state index in [-0.39, 0.29) is 16.7 Å². The lowest BCUT2D eigenvalue weighted by Crippen LogP contribution is -2.31. The van der Waals surface area contributed by atoms with Crippen molar-refractivity contribution in [3.05, 3.63) is 15.8 Å². The van der Waals surface area contributed by atoms with Crippen LogP contribution in [0.5, 0.6) is 0 Å². The highest BCUT2D eigenvalue weighted by Gasteiger charge is 2.30. The topological polar surface area (TPSA) is 73.0 Å². The lowest BCUT2D eigenvalue weighted by Gasteiger charge is -2.32. The fourth-order valence-electron chi connectivity index (χ4n) is 2.60. The first-order chi connectivity index (χ1) is 9.04. The Balaban J connectivity index is 2.24. The van der Waals surface area contributed by atoms with Crippen LogP contribution in [0.3, 0.4) is 0 Å². The molecule has 1 fully saturated rings. The van der Waals surface area contributed by atoms with Gasteiger partial charge in [-0.1, -0.05) is 19.8 Å². The highest BCUT2D eigenvalue weighted by Crippen LogP contribution is 2.34. The third kappa shape index (κ3) is 2.72. The molecule has 1 aliphatic rings. The van der Waals surface area contributed by atoms with Crippen molar-refractivity contribution >= 4 is 11.5 Å². The summed E-state index contributed by atoms with van der Waals surface area (Å²) in [6.45, 7) is 4.10. The highest BCUT2D eigenvalue weighted by atomic mass is 16.6. The Morgan fingerprint density at radius 1 is 1.58 bits per heavy atom. The predicted octanol–water partition coefficient (Wildman–Crippen LogP) is 2.88. The minimum atomic E-state index is -0.312. The molecule has 6 nitrogen and oxygen atoms in total. The maximum Gasteiger partial charge on any atom is 0.333 e. The summed E-state index contributed by atoms with van der Waals surface area (Å²) in [5.74, 6) is 1.18. The standard InChI is InChI=1S/C13H22N4O2/c1-4-6-11-12(17(18)19)13(16(3)15-11)14-9(2)10-7-5-8-10/h9-10,14H,4-8H2,1-3H3. The first-order valence-electron chi connectivity index (χ1n) is 7.01. The lowest BCUT2D eigenvalue weighted by molar-refractivity contribution is -0.384. The zero-order valence-corrected chi connectivity index (χ0v) is 11.8. The summed E-state index contributed by atoms with van der Waals surface area (Å²) >= 11 is 0. The van der Waals surface area contributed by atoms with Crippen LogP contribution in [0.25, 0.3) is 0 Å². The van der Waals surface area contributed by atoms with E-state index in [0.717, 1.165) is 6.42 Å². The summed E-state index contributed by atoms with van der Waals surface area (Å²) in [5.41, 5.74) is 0.730. The molecule has 1 atom stereocenters. The molecule has 0 amide bonds. The van der Waals surface area contributed by atoms with Crippen LogP contribution in [-0.2, 0) is 13.5 Å². The van der Waals surface area contributed by atoms with E-state index in [1.165, 1.54) is 19.3 Å². The molecule has 19 heavy (non-hydrogen) atoms. The highest BCUT2D eigenvalue weighted by molar-refractivity contribution is 5.60. The van der Waals surface area contributed by atoms with E-state index in [1.807, 2.05) is 6.92 Å². The van der Waals surface area contributed by atoms with Gasteiger partial charge < -0.3 is 5.32 Å². The Morgan fingerprint density at radius 2 is 2.26 bits per heavy atom. The van der Waals surface area contributed by atoms with Gasteiger partial charge in [-0.2, -0.15) is 5.10 Å². The fourth-order valence-corrected chi connectivity index (χ4v) is 2.60. The van der Waals surface area contributed by atoms with Crippen molar-refractivity contribution < 1.29 is 4.92 Å². The molecule has 0 saturated heterocycles. The third-order valence-electron chi connectivity index (χ3n) is 3.98. The molecular formula is C13H22N4O2. The number of nitrogens with zero attached hydrogens (tertiary/aromatic N) is 3. The number of nitrogens with one attached hydrogen (secondary N) is 1. The Labute approximate surface area is 113 Å². The van der Waals surface area contributed by atoms with Gasteiger partial charge in [0.25, 0.3) is 0 Å². The zero-order valence-electron chi connectivity index (χ0n) is 11.8. The fraction of sp³-hybridized carbons (Fsp3) is 0.769. The van der Waals surface area contributed by atoms with Crippen molar-refractivity contribution in [2.75, 3.05) is 5.32 Å². The molecule has 0 spiro atoms. The summed E-state index contributed by atoms with van der Waals surface area (Å²) in [7, 11) is 1.77. The van der Waals surface area contributed by atoms with Crippen molar-refractivity contribution in [1.29, 1.82) is 0 Å². The number of aryl methyl sites for hydroxylation is 2. The van der Waals surface area contributed by atoms with E-state index in [0.29, 0.717) is 23.9 Å². The normalized spacial score (nSPS) is 17.0. The van der Waals surface area contributed by atoms with Crippen molar-refractivity contribution in [3.63, 3.8) is 0 Å². The van der Waals surface area contributed by atoms with Crippen molar-refractivity contribution in [1.82, 2.24) is 9.78 Å². The van der Waals surface area contributed by atoms with Crippen LogP contribution in [-0.4, -0.2) is 20.7 Å². The summed E-state index contributed by atoms with van der Waals surface area (Å²) in [6, 6.07) is 0.261. The SMILES string of the molecule is CCCc1nn(C)c(NC(C)C2CCC2)c1[N+](=O)[O-]. The average molecular weight is 266 g/mol. The van der Waals surface area contributed by atoms with Gasteiger partial charge in [-0.15, -0.1) is 0 Å². The third-order valence-corrected chi connectivity index (χ3v) is 3.98. The minimum Gasteiger partial charge on any atom is -0.362 e. The van der Waals surface area contributed by atoms with E-state index in [2.05, 4.69) is 17.3 Å². The molecule has 106 valence electrons. The molecule has 1 unspecified atom stereocenters. The van der Waals surface area contributed by atoms with Crippen LogP contribution < -0.4 is 5.32 Å². The maximum absolute atomic E-state index is 11.3. The number of nitro groups is 1. The van der Waals surface area contributed by atoms with Crippen molar-refractivity contribution in [2.45, 2.75) is 52.0 Å². The van der Waals surface area contributed by atoms with E-state index in [9.17, 15) is 10.1 Å². The van der Waals surface area contributed by atoms with Crippen LogP contribution in [0.4, 0.5) is 11.5 Å². The van der Waals surface area contributed by atoms with Crippen LogP contribution in [0.1, 0.15) is 45.2 Å². The molecule has 1 heterocycles. The van der Waals surface area contributed by atoms with E-state index < -0.39 is 0 Å². The van der Waals surface area contributed by atoms with E-state index in [1.54, 1.807) is 11.7 Å². The molecule has 2 rings (SSSR count). The van der Waals surface area contributed by atoms with Gasteiger partial charge in [0.15, 0.2) is 0 Å². The Bertz CT molecular complexity index is 465. The quantitative estimate of drug-likeness (QED) is 0.634. The molecule has 0 aromatic carbocycles. The monoisotopic (exact) mass is 266 g/mol. The number of aromatic nitrogens is 2. The van der Waals surface area contributed by atoms with Gasteiger partial charge in [0, 0.05) is 13.1 Å². The summed E-state index contributed by atoms with van der Waals surface area (Å²) < 4.78 is 1.61. The smallest absolute Gasteiger partial charge is 0.333 e. The molecule has 1 aliphatic carbocycles. The maximum atomic E-state index is 11.3. The van der Waals surface area contributed by atoms with E-state index in [4.69, 9.17) is 0 Å². The van der Waals surface area contributed by atoms with Gasteiger partial charge in [0.1, 0.15) is 5.69 Å². The first kappa shape index (κ1) is 13.8. The number of hydrogen-bond donors (Lipinski definition) is 1. The van der Waals surface area contributed by atoms with Gasteiger partial charge in [0.05, 0.1) is 4.92 Å². The number of hydrogen-bond acceptors (Lipinski definition) is 4. The summed E-state index contributed by atoms with van der Waals surface area (Å²) in [6.07, 6.45) is 5.19. The zero-order chi connectivity index (χ0) is 14.0. The van der Waals surface area contributed by atoms with Crippen LogP contribution in [0, 0.1) is 16.0 Å². The van der Waals surface area contributed by atoms with Crippen molar-refractivity contribution in [3.8, 4) is 0 Å². The molecular weight excluding hydrogens is 244 g/mol. The molecule has 0 radical (unpaired) electrons.